The highest BCUT2D eigenvalue weighted by Gasteiger charge is 2.27. The van der Waals surface area contributed by atoms with Crippen molar-refractivity contribution < 1.29 is 4.74 Å². The lowest BCUT2D eigenvalue weighted by Crippen LogP contribution is -2.44. The number of likely N-dealkylation sites (tertiary alicyclic amines) is 1. The highest BCUT2D eigenvalue weighted by atomic mass is 32.1. The Kier molecular flexibility index (Phi) is 8.08. The summed E-state index contributed by atoms with van der Waals surface area (Å²) in [6.45, 7) is 12.2. The molecule has 35 heavy (non-hydrogen) atoms. The van der Waals surface area contributed by atoms with Crippen LogP contribution in [0, 0.1) is 13.8 Å². The Hall–Kier alpha value is -2.90. The third kappa shape index (κ3) is 5.68. The summed E-state index contributed by atoms with van der Waals surface area (Å²) in [5.74, 6) is 0.766. The van der Waals surface area contributed by atoms with Gasteiger partial charge in [-0.2, -0.15) is 0 Å². The topological polar surface area (TPSA) is 60.6 Å². The molecule has 6 nitrogen and oxygen atoms in total. The number of ether oxygens (including phenoxy) is 1. The summed E-state index contributed by atoms with van der Waals surface area (Å²) in [5, 5.41) is 5.04. The average Bonchev–Trinajstić information content (AvgIpc) is 3.30. The number of aromatic nitrogens is 1. The summed E-state index contributed by atoms with van der Waals surface area (Å²) in [7, 11) is 0. The molecule has 0 bridgehead atoms. The van der Waals surface area contributed by atoms with Crippen LogP contribution in [0.1, 0.15) is 43.4 Å². The first-order valence-corrected chi connectivity index (χ1v) is 13.0. The van der Waals surface area contributed by atoms with Crippen molar-refractivity contribution in [3.8, 4) is 5.75 Å². The standard InChI is InChI=1S/C28H36N4O2S/c1-5-31-15-9-10-23(31)18-32(28(35)29-24-11-7-8-12-25(24)34-6-2)17-22-16-21-14-13-19(3)20(4)26(21)30-27(22)33/h7-8,11-14,16,23H,5-6,9-10,15,17-18H2,1-4H3,(H,29,35)(H,30,33)/t23-/m0/s1. The predicted molar refractivity (Wildman–Crippen MR) is 149 cm³/mol. The van der Waals surface area contributed by atoms with E-state index in [2.05, 4.69) is 46.1 Å². The molecule has 3 aromatic rings. The first kappa shape index (κ1) is 25.2. The molecular formula is C28H36N4O2S. The van der Waals surface area contributed by atoms with Crippen LogP contribution < -0.4 is 15.6 Å². The zero-order valence-corrected chi connectivity index (χ0v) is 22.0. The van der Waals surface area contributed by atoms with Crippen molar-refractivity contribution >= 4 is 33.9 Å². The van der Waals surface area contributed by atoms with Gasteiger partial charge >= 0.3 is 0 Å². The Morgan fingerprint density at radius 1 is 1.23 bits per heavy atom. The summed E-state index contributed by atoms with van der Waals surface area (Å²) >= 11 is 5.92. The van der Waals surface area contributed by atoms with Crippen molar-refractivity contribution in [1.82, 2.24) is 14.8 Å². The van der Waals surface area contributed by atoms with E-state index in [0.717, 1.165) is 54.0 Å². The minimum Gasteiger partial charge on any atom is -0.492 e. The van der Waals surface area contributed by atoms with Gasteiger partial charge in [0.25, 0.3) is 5.56 Å². The second-order valence-electron chi connectivity index (χ2n) is 9.26. The van der Waals surface area contributed by atoms with Gasteiger partial charge < -0.3 is 19.9 Å². The molecule has 1 aliphatic heterocycles. The third-order valence-corrected chi connectivity index (χ3v) is 7.40. The van der Waals surface area contributed by atoms with E-state index in [1.165, 1.54) is 12.0 Å². The number of pyridine rings is 1. The number of aryl methyl sites for hydroxylation is 2. The number of H-pyrrole nitrogens is 1. The molecule has 186 valence electrons. The van der Waals surface area contributed by atoms with E-state index < -0.39 is 0 Å². The van der Waals surface area contributed by atoms with Gasteiger partial charge in [-0.3, -0.25) is 9.69 Å². The van der Waals surface area contributed by atoms with Crippen LogP contribution in [0.25, 0.3) is 10.9 Å². The Balaban J connectivity index is 1.64. The smallest absolute Gasteiger partial charge is 0.253 e. The number of anilines is 1. The number of thiocarbonyl (C=S) groups is 1. The zero-order valence-electron chi connectivity index (χ0n) is 21.2. The maximum Gasteiger partial charge on any atom is 0.253 e. The minimum atomic E-state index is -0.0625. The second kappa shape index (κ2) is 11.2. The van der Waals surface area contributed by atoms with Crippen LogP contribution in [-0.4, -0.2) is 52.2 Å². The molecule has 1 aliphatic rings. The van der Waals surface area contributed by atoms with Gasteiger partial charge in [-0.15, -0.1) is 0 Å². The molecule has 2 N–H and O–H groups in total. The normalized spacial score (nSPS) is 15.9. The van der Waals surface area contributed by atoms with Crippen molar-refractivity contribution in [2.45, 2.75) is 53.1 Å². The van der Waals surface area contributed by atoms with Gasteiger partial charge in [0, 0.05) is 18.2 Å². The molecule has 7 heteroatoms. The fourth-order valence-electron chi connectivity index (χ4n) is 4.93. The summed E-state index contributed by atoms with van der Waals surface area (Å²) in [6, 6.07) is 14.4. The minimum absolute atomic E-state index is 0.0625. The second-order valence-corrected chi connectivity index (χ2v) is 9.65. The van der Waals surface area contributed by atoms with Crippen molar-refractivity contribution in [1.29, 1.82) is 0 Å². The van der Waals surface area contributed by atoms with Crippen LogP contribution in [0.15, 0.2) is 47.3 Å². The number of hydrogen-bond donors (Lipinski definition) is 2. The van der Waals surface area contributed by atoms with Gasteiger partial charge in [-0.1, -0.05) is 31.2 Å². The van der Waals surface area contributed by atoms with Crippen LogP contribution in [-0.2, 0) is 6.54 Å². The van der Waals surface area contributed by atoms with Crippen molar-refractivity contribution in [2.24, 2.45) is 0 Å². The quantitative estimate of drug-likeness (QED) is 0.420. The largest absolute Gasteiger partial charge is 0.492 e. The highest BCUT2D eigenvalue weighted by Crippen LogP contribution is 2.26. The van der Waals surface area contributed by atoms with E-state index in [1.807, 2.05) is 44.2 Å². The molecule has 2 heterocycles. The number of para-hydroxylation sites is 2. The van der Waals surface area contributed by atoms with E-state index >= 15 is 0 Å². The molecule has 0 radical (unpaired) electrons. The molecule has 0 unspecified atom stereocenters. The Labute approximate surface area is 213 Å². The lowest BCUT2D eigenvalue weighted by atomic mass is 10.0. The first-order valence-electron chi connectivity index (χ1n) is 12.5. The van der Waals surface area contributed by atoms with Crippen LogP contribution in [0.5, 0.6) is 5.75 Å². The van der Waals surface area contributed by atoms with E-state index in [-0.39, 0.29) is 5.56 Å². The molecule has 1 atom stereocenters. The molecule has 2 aromatic carbocycles. The molecule has 0 amide bonds. The molecule has 0 aliphatic carbocycles. The molecule has 0 spiro atoms. The Morgan fingerprint density at radius 2 is 2.03 bits per heavy atom. The Morgan fingerprint density at radius 3 is 2.80 bits per heavy atom. The van der Waals surface area contributed by atoms with Crippen molar-refractivity contribution in [3.05, 3.63) is 69.5 Å². The van der Waals surface area contributed by atoms with Crippen LogP contribution in [0.3, 0.4) is 0 Å². The molecule has 1 aromatic heterocycles. The van der Waals surface area contributed by atoms with Gasteiger partial charge in [0.1, 0.15) is 5.75 Å². The van der Waals surface area contributed by atoms with Crippen molar-refractivity contribution in [3.63, 3.8) is 0 Å². The summed E-state index contributed by atoms with van der Waals surface area (Å²) in [5.41, 5.74) is 4.67. The van der Waals surface area contributed by atoms with Gasteiger partial charge in [0.05, 0.1) is 24.4 Å². The van der Waals surface area contributed by atoms with Gasteiger partial charge in [0.2, 0.25) is 0 Å². The molecular weight excluding hydrogens is 456 g/mol. The number of nitrogens with one attached hydrogen (secondary N) is 2. The number of nitrogens with zero attached hydrogens (tertiary/aromatic N) is 2. The summed E-state index contributed by atoms with van der Waals surface area (Å²) in [6.07, 6.45) is 2.32. The maximum atomic E-state index is 13.1. The van der Waals surface area contributed by atoms with E-state index in [9.17, 15) is 4.79 Å². The number of aromatic amines is 1. The number of rotatable bonds is 8. The maximum absolute atomic E-state index is 13.1. The van der Waals surface area contributed by atoms with E-state index in [0.29, 0.717) is 29.9 Å². The molecule has 1 saturated heterocycles. The number of likely N-dealkylation sites (N-methyl/N-ethyl adjacent to an activating group) is 1. The zero-order chi connectivity index (χ0) is 24.9. The SMILES string of the molecule is CCOc1ccccc1NC(=S)N(Cc1cc2ccc(C)c(C)c2[nH]c1=O)C[C@@H]1CCCN1CC. The van der Waals surface area contributed by atoms with Crippen LogP contribution in [0.4, 0.5) is 5.69 Å². The average molecular weight is 493 g/mol. The highest BCUT2D eigenvalue weighted by molar-refractivity contribution is 7.80. The lowest BCUT2D eigenvalue weighted by molar-refractivity contribution is 0.221. The molecule has 1 fully saturated rings. The number of hydrogen-bond acceptors (Lipinski definition) is 4. The van der Waals surface area contributed by atoms with Crippen LogP contribution in [0.2, 0.25) is 0 Å². The Bertz CT molecular complexity index is 1260. The van der Waals surface area contributed by atoms with Gasteiger partial charge in [0.15, 0.2) is 5.11 Å². The monoisotopic (exact) mass is 492 g/mol. The number of fused-ring (bicyclic) bond motifs is 1. The van der Waals surface area contributed by atoms with Crippen molar-refractivity contribution in [2.75, 3.05) is 31.6 Å². The van der Waals surface area contributed by atoms with Crippen LogP contribution >= 0.6 is 12.2 Å². The molecule has 0 saturated carbocycles. The fourth-order valence-corrected chi connectivity index (χ4v) is 5.18. The van der Waals surface area contributed by atoms with Gasteiger partial charge in [-0.25, -0.2) is 0 Å². The number of benzene rings is 2. The van der Waals surface area contributed by atoms with Gasteiger partial charge in [-0.05, 0) is 93.6 Å². The summed E-state index contributed by atoms with van der Waals surface area (Å²) < 4.78 is 5.79. The summed E-state index contributed by atoms with van der Waals surface area (Å²) in [4.78, 5) is 20.9. The molecule has 4 rings (SSSR count). The van der Waals surface area contributed by atoms with E-state index in [4.69, 9.17) is 17.0 Å². The fraction of sp³-hybridized carbons (Fsp3) is 0.429. The predicted octanol–water partition coefficient (Wildman–Crippen LogP) is 5.23. The first-order chi connectivity index (χ1) is 16.9. The lowest BCUT2D eigenvalue weighted by Gasteiger charge is -2.32. The third-order valence-electron chi connectivity index (χ3n) is 7.04. The van der Waals surface area contributed by atoms with E-state index in [1.54, 1.807) is 0 Å².